The first kappa shape index (κ1) is 17.6. The van der Waals surface area contributed by atoms with E-state index in [4.69, 9.17) is 32.7 Å². The van der Waals surface area contributed by atoms with Gasteiger partial charge in [0.15, 0.2) is 0 Å². The average molecular weight is 320 g/mol. The molecule has 0 radical (unpaired) electrons. The highest BCUT2D eigenvalue weighted by atomic mass is 35.5. The Morgan fingerprint density at radius 3 is 2.45 bits per heavy atom. The molecule has 0 spiro atoms. The lowest BCUT2D eigenvalue weighted by Gasteiger charge is -2.22. The highest BCUT2D eigenvalue weighted by molar-refractivity contribution is 6.35. The normalized spacial score (nSPS) is 13.3. The molecule has 0 aliphatic heterocycles. The Morgan fingerprint density at radius 1 is 1.25 bits per heavy atom. The van der Waals surface area contributed by atoms with Crippen molar-refractivity contribution >= 4 is 23.2 Å². The first-order valence-corrected chi connectivity index (χ1v) is 7.37. The largest absolute Gasteiger partial charge is 0.489 e. The molecule has 0 aliphatic rings. The fourth-order valence-corrected chi connectivity index (χ4v) is 2.13. The van der Waals surface area contributed by atoms with Gasteiger partial charge in [-0.15, -0.1) is 0 Å². The first-order valence-electron chi connectivity index (χ1n) is 6.61. The van der Waals surface area contributed by atoms with Crippen LogP contribution in [0.3, 0.4) is 0 Å². The predicted molar refractivity (Wildman–Crippen MR) is 85.0 cm³/mol. The van der Waals surface area contributed by atoms with Crippen molar-refractivity contribution in [2.75, 3.05) is 13.7 Å². The minimum absolute atomic E-state index is 0.00479. The van der Waals surface area contributed by atoms with E-state index >= 15 is 0 Å². The fraction of sp³-hybridized carbons (Fsp3) is 0.600. The van der Waals surface area contributed by atoms with Crippen LogP contribution in [-0.2, 0) is 11.3 Å². The predicted octanol–water partition coefficient (Wildman–Crippen LogP) is 4.30. The minimum atomic E-state index is 0.00479. The number of benzene rings is 1. The summed E-state index contributed by atoms with van der Waals surface area (Å²) in [5, 5.41) is 4.53. The molecule has 20 heavy (non-hydrogen) atoms. The third kappa shape index (κ3) is 5.88. The molecule has 0 heterocycles. The lowest BCUT2D eigenvalue weighted by Crippen LogP contribution is -2.35. The second-order valence-electron chi connectivity index (χ2n) is 5.84. The molecule has 1 aromatic rings. The molecule has 1 N–H and O–H groups in total. The molecule has 0 bridgehead atoms. The number of hydrogen-bond donors (Lipinski definition) is 1. The van der Waals surface area contributed by atoms with Crippen LogP contribution in [-0.4, -0.2) is 25.4 Å². The van der Waals surface area contributed by atoms with Gasteiger partial charge in [0, 0.05) is 29.8 Å². The molecule has 1 unspecified atom stereocenters. The highest BCUT2D eigenvalue weighted by Crippen LogP contribution is 2.33. The van der Waals surface area contributed by atoms with E-state index in [1.165, 1.54) is 0 Å². The molecule has 1 rings (SSSR count). The van der Waals surface area contributed by atoms with Crippen LogP contribution in [0.4, 0.5) is 0 Å². The van der Waals surface area contributed by atoms with Crippen molar-refractivity contribution in [3.63, 3.8) is 0 Å². The van der Waals surface area contributed by atoms with Crippen LogP contribution >= 0.6 is 23.2 Å². The Labute approximate surface area is 131 Å². The summed E-state index contributed by atoms with van der Waals surface area (Å²) in [6.45, 7) is 9.34. The highest BCUT2D eigenvalue weighted by Gasteiger charge is 2.15. The van der Waals surface area contributed by atoms with Gasteiger partial charge in [-0.1, -0.05) is 23.2 Å². The minimum Gasteiger partial charge on any atom is -0.489 e. The van der Waals surface area contributed by atoms with Gasteiger partial charge in [0.1, 0.15) is 12.4 Å². The Balaban J connectivity index is 2.89. The van der Waals surface area contributed by atoms with E-state index in [9.17, 15) is 0 Å². The molecule has 0 saturated heterocycles. The van der Waals surface area contributed by atoms with Crippen molar-refractivity contribution in [3.8, 4) is 5.75 Å². The summed E-state index contributed by atoms with van der Waals surface area (Å²) >= 11 is 12.3. The number of methoxy groups -OCH3 is 1. The maximum absolute atomic E-state index is 6.23. The molecule has 1 atom stereocenters. The van der Waals surface area contributed by atoms with Crippen LogP contribution in [0.1, 0.15) is 33.3 Å². The summed E-state index contributed by atoms with van der Waals surface area (Å²) in [4.78, 5) is 0. The summed E-state index contributed by atoms with van der Waals surface area (Å²) in [6, 6.07) is 3.56. The fourth-order valence-electron chi connectivity index (χ4n) is 1.54. The second-order valence-corrected chi connectivity index (χ2v) is 6.68. The molecule has 0 amide bonds. The third-order valence-electron chi connectivity index (χ3n) is 2.76. The molecule has 0 aromatic heterocycles. The lowest BCUT2D eigenvalue weighted by atomic mass is 10.1. The van der Waals surface area contributed by atoms with Crippen molar-refractivity contribution in [3.05, 3.63) is 27.7 Å². The number of rotatable bonds is 6. The molecule has 3 nitrogen and oxygen atoms in total. The van der Waals surface area contributed by atoms with Gasteiger partial charge >= 0.3 is 0 Å². The van der Waals surface area contributed by atoms with Gasteiger partial charge in [0.2, 0.25) is 0 Å². The van der Waals surface area contributed by atoms with Crippen molar-refractivity contribution in [1.82, 2.24) is 5.32 Å². The van der Waals surface area contributed by atoms with E-state index in [1.54, 1.807) is 13.2 Å². The molecule has 114 valence electrons. The van der Waals surface area contributed by atoms with Crippen molar-refractivity contribution in [2.45, 2.75) is 45.9 Å². The van der Waals surface area contributed by atoms with Gasteiger partial charge in [-0.2, -0.15) is 0 Å². The average Bonchev–Trinajstić information content (AvgIpc) is 2.33. The Hall–Kier alpha value is -0.480. The number of ether oxygens (including phenoxy) is 2. The van der Waals surface area contributed by atoms with Gasteiger partial charge in [-0.25, -0.2) is 0 Å². The van der Waals surface area contributed by atoms with Gasteiger partial charge < -0.3 is 14.8 Å². The van der Waals surface area contributed by atoms with Crippen molar-refractivity contribution in [1.29, 1.82) is 0 Å². The maximum Gasteiger partial charge on any atom is 0.142 e. The number of halogens is 2. The monoisotopic (exact) mass is 319 g/mol. The van der Waals surface area contributed by atoms with Crippen LogP contribution in [0.5, 0.6) is 5.75 Å². The summed E-state index contributed by atoms with van der Waals surface area (Å²) < 4.78 is 11.0. The van der Waals surface area contributed by atoms with Crippen LogP contribution in [0.15, 0.2) is 12.1 Å². The maximum atomic E-state index is 6.23. The van der Waals surface area contributed by atoms with E-state index in [1.807, 2.05) is 13.0 Å². The molecular formula is C15H23Cl2NO2. The molecule has 5 heteroatoms. The van der Waals surface area contributed by atoms with Crippen LogP contribution < -0.4 is 10.1 Å². The third-order valence-corrected chi connectivity index (χ3v) is 3.26. The lowest BCUT2D eigenvalue weighted by molar-refractivity contribution is 0.0712. The Bertz CT molecular complexity index is 444. The second kappa shape index (κ2) is 7.51. The summed E-state index contributed by atoms with van der Waals surface area (Å²) in [6.07, 6.45) is 0.00479. The Kier molecular flexibility index (Phi) is 6.59. The van der Waals surface area contributed by atoms with Gasteiger partial charge in [-0.3, -0.25) is 0 Å². The van der Waals surface area contributed by atoms with Gasteiger partial charge in [0.05, 0.1) is 11.1 Å². The van der Waals surface area contributed by atoms with E-state index in [0.717, 1.165) is 5.56 Å². The summed E-state index contributed by atoms with van der Waals surface area (Å²) in [5.41, 5.74) is 0.951. The van der Waals surface area contributed by atoms with E-state index in [0.29, 0.717) is 28.9 Å². The Morgan fingerprint density at radius 2 is 1.90 bits per heavy atom. The zero-order chi connectivity index (χ0) is 15.3. The molecule has 0 saturated carbocycles. The standard InChI is InChI=1S/C15H23Cl2NO2/c1-10(19-5)9-20-14-11(8-18-15(2,3)4)6-12(16)7-13(14)17/h6-7,10,18H,8-9H2,1-5H3. The van der Waals surface area contributed by atoms with Crippen molar-refractivity contribution in [2.24, 2.45) is 0 Å². The number of nitrogens with one attached hydrogen (secondary N) is 1. The molecular weight excluding hydrogens is 297 g/mol. The molecule has 1 aromatic carbocycles. The summed E-state index contributed by atoms with van der Waals surface area (Å²) in [7, 11) is 1.65. The van der Waals surface area contributed by atoms with Crippen LogP contribution in [0, 0.1) is 0 Å². The van der Waals surface area contributed by atoms with E-state index < -0.39 is 0 Å². The van der Waals surface area contributed by atoms with Gasteiger partial charge in [0.25, 0.3) is 0 Å². The topological polar surface area (TPSA) is 30.5 Å². The van der Waals surface area contributed by atoms with E-state index in [-0.39, 0.29) is 11.6 Å². The smallest absolute Gasteiger partial charge is 0.142 e. The molecule has 0 aliphatic carbocycles. The SMILES string of the molecule is COC(C)COc1c(Cl)cc(Cl)cc1CNC(C)(C)C. The quantitative estimate of drug-likeness (QED) is 0.848. The van der Waals surface area contributed by atoms with Crippen molar-refractivity contribution < 1.29 is 9.47 Å². The van der Waals surface area contributed by atoms with E-state index in [2.05, 4.69) is 26.1 Å². The molecule has 0 fully saturated rings. The summed E-state index contributed by atoms with van der Waals surface area (Å²) in [5.74, 6) is 0.664. The van der Waals surface area contributed by atoms with Crippen LogP contribution in [0.25, 0.3) is 0 Å². The first-order chi connectivity index (χ1) is 9.23. The van der Waals surface area contributed by atoms with Gasteiger partial charge in [-0.05, 0) is 39.8 Å². The zero-order valence-corrected chi connectivity index (χ0v) is 14.2. The zero-order valence-electron chi connectivity index (χ0n) is 12.7. The van der Waals surface area contributed by atoms with Crippen LogP contribution in [0.2, 0.25) is 10.0 Å². The number of hydrogen-bond acceptors (Lipinski definition) is 3.